The molecule has 322 valence electrons. The molecule has 0 fully saturated rings. The maximum atomic E-state index is 6.51. The Morgan fingerprint density at radius 1 is 0.348 bits per heavy atom. The first-order valence-corrected chi connectivity index (χ1v) is 23.8. The predicted octanol–water partition coefficient (Wildman–Crippen LogP) is 17.6. The zero-order valence-corrected chi connectivity index (χ0v) is 37.5. The first-order chi connectivity index (χ1) is 34.2. The van der Waals surface area contributed by atoms with Crippen molar-refractivity contribution in [3.8, 4) is 0 Å². The fourth-order valence-electron chi connectivity index (χ4n) is 10.6. The van der Waals surface area contributed by atoms with Gasteiger partial charge in [-0.2, -0.15) is 0 Å². The molecular formula is C61H35N5O2S. The number of anilines is 6. The molecular weight excluding hydrogens is 867 g/mol. The molecule has 0 aliphatic heterocycles. The lowest BCUT2D eigenvalue weighted by Gasteiger charge is -2.27. The Morgan fingerprint density at radius 3 is 1.29 bits per heavy atom. The number of pyridine rings is 1. The Morgan fingerprint density at radius 2 is 0.783 bits per heavy atom. The van der Waals surface area contributed by atoms with Crippen LogP contribution in [0.15, 0.2) is 221 Å². The van der Waals surface area contributed by atoms with Crippen molar-refractivity contribution in [3.63, 3.8) is 0 Å². The lowest BCUT2D eigenvalue weighted by atomic mass is 9.99. The van der Waals surface area contributed by atoms with E-state index in [1.54, 1.807) is 11.3 Å². The van der Waals surface area contributed by atoms with Gasteiger partial charge in [0.1, 0.15) is 38.5 Å². The molecule has 0 saturated heterocycles. The fraction of sp³-hybridized carbons (Fsp3) is 0. The molecule has 0 spiro atoms. The van der Waals surface area contributed by atoms with Crippen molar-refractivity contribution in [2.75, 3.05) is 9.80 Å². The van der Waals surface area contributed by atoms with Gasteiger partial charge in [0.25, 0.3) is 0 Å². The van der Waals surface area contributed by atoms with Gasteiger partial charge in [-0.05, 0) is 76.1 Å². The maximum Gasteiger partial charge on any atom is 0.157 e. The summed E-state index contributed by atoms with van der Waals surface area (Å²) in [6, 6.07) is 70.4. The van der Waals surface area contributed by atoms with E-state index >= 15 is 0 Å². The van der Waals surface area contributed by atoms with Crippen molar-refractivity contribution in [2.45, 2.75) is 0 Å². The zero-order chi connectivity index (χ0) is 45.2. The van der Waals surface area contributed by atoms with E-state index in [0.717, 1.165) is 136 Å². The van der Waals surface area contributed by atoms with Gasteiger partial charge in [0.15, 0.2) is 5.82 Å². The number of furan rings is 2. The summed E-state index contributed by atoms with van der Waals surface area (Å²) in [6.07, 6.45) is 3.86. The molecule has 0 unspecified atom stereocenters. The largest absolute Gasteiger partial charge is 0.456 e. The highest BCUT2D eigenvalue weighted by Crippen LogP contribution is 2.48. The van der Waals surface area contributed by atoms with Gasteiger partial charge >= 0.3 is 0 Å². The summed E-state index contributed by atoms with van der Waals surface area (Å²) >= 11 is 1.63. The number of benzene rings is 10. The van der Waals surface area contributed by atoms with Crippen LogP contribution in [-0.2, 0) is 0 Å². The fourth-order valence-corrected chi connectivity index (χ4v) is 11.6. The lowest BCUT2D eigenvalue weighted by Crippen LogP contribution is -2.13. The number of nitrogens with zero attached hydrogens (tertiary/aromatic N) is 5. The molecule has 69 heavy (non-hydrogen) atoms. The van der Waals surface area contributed by atoms with Crippen LogP contribution in [-0.4, -0.2) is 15.0 Å². The Bertz CT molecular complexity index is 4210. The van der Waals surface area contributed by atoms with Crippen LogP contribution >= 0.6 is 11.3 Å². The van der Waals surface area contributed by atoms with Crippen LogP contribution in [0.4, 0.5) is 34.4 Å². The molecule has 5 heterocycles. The molecule has 0 amide bonds. The van der Waals surface area contributed by atoms with Crippen LogP contribution in [0.2, 0.25) is 0 Å². The molecule has 5 aromatic heterocycles. The van der Waals surface area contributed by atoms with Crippen molar-refractivity contribution in [3.05, 3.63) is 213 Å². The number of rotatable bonds is 6. The predicted molar refractivity (Wildman–Crippen MR) is 287 cm³/mol. The van der Waals surface area contributed by atoms with Crippen molar-refractivity contribution < 1.29 is 8.83 Å². The summed E-state index contributed by atoms with van der Waals surface area (Å²) in [6.45, 7) is 0. The van der Waals surface area contributed by atoms with Crippen LogP contribution < -0.4 is 9.80 Å². The van der Waals surface area contributed by atoms with Crippen LogP contribution in [0.3, 0.4) is 0 Å². The Kier molecular flexibility index (Phi) is 8.10. The van der Waals surface area contributed by atoms with Crippen LogP contribution in [0, 0.1) is 0 Å². The number of hydrogen-bond donors (Lipinski definition) is 0. The Labute approximate surface area is 397 Å². The smallest absolute Gasteiger partial charge is 0.157 e. The van der Waals surface area contributed by atoms with Gasteiger partial charge in [0.05, 0.1) is 28.9 Å². The molecule has 0 aliphatic rings. The summed E-state index contributed by atoms with van der Waals surface area (Å²) in [5.41, 5.74) is 8.07. The van der Waals surface area contributed by atoms with Gasteiger partial charge in [0, 0.05) is 71.5 Å². The van der Waals surface area contributed by atoms with Gasteiger partial charge in [-0.1, -0.05) is 133 Å². The monoisotopic (exact) mass is 901 g/mol. The SMILES string of the molecule is c1ccc2c(N(c3ccc4c(c3)oc3ccccc34)c3cc4sc5nc(N(c6ccc7c(c6)oc6ccccc67)c6c7ccccc7cc7ccccc67)cnc5c4cn3)c3ccccc3cc2c1. The third kappa shape index (κ3) is 5.82. The zero-order valence-electron chi connectivity index (χ0n) is 36.7. The van der Waals surface area contributed by atoms with Crippen LogP contribution in [0.1, 0.15) is 0 Å². The average Bonchev–Trinajstić information content (AvgIpc) is 4.09. The van der Waals surface area contributed by atoms with E-state index in [2.05, 4.69) is 186 Å². The third-order valence-corrected chi connectivity index (χ3v) is 14.7. The minimum atomic E-state index is 0.696. The van der Waals surface area contributed by atoms with Gasteiger partial charge in [-0.15, -0.1) is 11.3 Å². The van der Waals surface area contributed by atoms with Gasteiger partial charge in [-0.3, -0.25) is 9.80 Å². The van der Waals surface area contributed by atoms with Gasteiger partial charge < -0.3 is 8.83 Å². The van der Waals surface area contributed by atoms with Gasteiger partial charge in [0.2, 0.25) is 0 Å². The van der Waals surface area contributed by atoms with Crippen molar-refractivity contribution >= 4 is 153 Å². The number of para-hydroxylation sites is 2. The number of fused-ring (bicyclic) bond motifs is 13. The van der Waals surface area contributed by atoms with E-state index in [0.29, 0.717) is 5.82 Å². The number of thiophene rings is 1. The van der Waals surface area contributed by atoms with E-state index < -0.39 is 0 Å². The second-order valence-electron chi connectivity index (χ2n) is 17.6. The molecule has 0 radical (unpaired) electrons. The van der Waals surface area contributed by atoms with E-state index in [9.17, 15) is 0 Å². The van der Waals surface area contributed by atoms with E-state index in [-0.39, 0.29) is 0 Å². The highest BCUT2D eigenvalue weighted by Gasteiger charge is 2.25. The molecule has 0 atom stereocenters. The second-order valence-corrected chi connectivity index (χ2v) is 18.6. The van der Waals surface area contributed by atoms with E-state index in [4.69, 9.17) is 23.8 Å². The quantitative estimate of drug-likeness (QED) is 0.154. The Hall–Kier alpha value is -9.11. The molecule has 0 aliphatic carbocycles. The molecule has 0 bridgehead atoms. The summed E-state index contributed by atoms with van der Waals surface area (Å²) in [5, 5.41) is 14.3. The third-order valence-electron chi connectivity index (χ3n) is 13.7. The molecule has 0 saturated carbocycles. The average molecular weight is 902 g/mol. The summed E-state index contributed by atoms with van der Waals surface area (Å²) in [4.78, 5) is 21.4. The molecule has 0 N–H and O–H groups in total. The topological polar surface area (TPSA) is 71.4 Å². The van der Waals surface area contributed by atoms with Crippen molar-refractivity contribution in [1.29, 1.82) is 0 Å². The second kappa shape index (κ2) is 14.7. The summed E-state index contributed by atoms with van der Waals surface area (Å²) < 4.78 is 14.0. The first-order valence-electron chi connectivity index (χ1n) is 23.0. The van der Waals surface area contributed by atoms with Crippen LogP contribution in [0.5, 0.6) is 0 Å². The van der Waals surface area contributed by atoms with E-state index in [1.807, 2.05) is 36.7 Å². The molecule has 7 nitrogen and oxygen atoms in total. The molecule has 15 aromatic rings. The first kappa shape index (κ1) is 38.0. The molecule has 10 aromatic carbocycles. The maximum absolute atomic E-state index is 6.51. The Balaban J connectivity index is 0.949. The minimum absolute atomic E-state index is 0.696. The van der Waals surface area contributed by atoms with Crippen molar-refractivity contribution in [2.24, 2.45) is 0 Å². The number of hydrogen-bond acceptors (Lipinski definition) is 8. The molecule has 15 rings (SSSR count). The lowest BCUT2D eigenvalue weighted by molar-refractivity contribution is 0.668. The van der Waals surface area contributed by atoms with E-state index in [1.165, 1.54) is 0 Å². The van der Waals surface area contributed by atoms with Gasteiger partial charge in [-0.25, -0.2) is 15.0 Å². The number of aromatic nitrogens is 3. The van der Waals surface area contributed by atoms with Crippen molar-refractivity contribution in [1.82, 2.24) is 15.0 Å². The highest BCUT2D eigenvalue weighted by molar-refractivity contribution is 7.25. The normalized spacial score (nSPS) is 12.1. The molecule has 8 heteroatoms. The highest BCUT2D eigenvalue weighted by atomic mass is 32.1. The van der Waals surface area contributed by atoms with Crippen LogP contribution in [0.25, 0.3) is 107 Å². The summed E-state index contributed by atoms with van der Waals surface area (Å²) in [7, 11) is 0. The summed E-state index contributed by atoms with van der Waals surface area (Å²) in [5.74, 6) is 1.47. The minimum Gasteiger partial charge on any atom is -0.456 e. The standard InChI is InChI=1S/C61H35N5O2S/c1-5-17-42-36(13-1)29-37-14-2-6-18-43(37)59(42)65(40-25-27-48-46-21-9-11-23-51(46)67-53(48)31-40)56-33-55-50(34-62-56)58-61(69-55)64-57(35-63-58)66(41-26-28-49-47-22-10-12-24-52(47)68-54(49)32-41)60-44-19-7-3-15-38(44)30-39-16-4-8-20-45(39)60/h1-35H.